The number of piperazine rings is 1. The van der Waals surface area contributed by atoms with Gasteiger partial charge in [-0.05, 0) is 19.1 Å². The fourth-order valence-corrected chi connectivity index (χ4v) is 2.83. The summed E-state index contributed by atoms with van der Waals surface area (Å²) >= 11 is 0. The van der Waals surface area contributed by atoms with Gasteiger partial charge >= 0.3 is 0 Å². The molecule has 0 unspecified atom stereocenters. The molecule has 1 aliphatic heterocycles. The zero-order chi connectivity index (χ0) is 16.9. The number of anilines is 1. The van der Waals surface area contributed by atoms with Gasteiger partial charge in [-0.3, -0.25) is 4.79 Å². The zero-order valence-electron chi connectivity index (χ0n) is 14.0. The van der Waals surface area contributed by atoms with E-state index in [4.69, 9.17) is 4.52 Å². The zero-order valence-corrected chi connectivity index (χ0v) is 14.0. The number of hydrogen-bond acceptors (Lipinski definition) is 6. The number of nitrogens with one attached hydrogen (secondary N) is 2. The van der Waals surface area contributed by atoms with Gasteiger partial charge in [0.05, 0.1) is 0 Å². The Labute approximate surface area is 141 Å². The van der Waals surface area contributed by atoms with Crippen LogP contribution in [0.1, 0.15) is 31.6 Å². The highest BCUT2D eigenvalue weighted by Crippen LogP contribution is 2.19. The number of aromatic nitrogens is 2. The minimum atomic E-state index is -0.315. The molecular weight excluding hydrogens is 306 g/mol. The molecule has 1 saturated heterocycles. The normalized spacial score (nSPS) is 19.1. The maximum atomic E-state index is 12.8. The molecule has 128 valence electrons. The van der Waals surface area contributed by atoms with E-state index >= 15 is 0 Å². The summed E-state index contributed by atoms with van der Waals surface area (Å²) in [6, 6.07) is 9.42. The van der Waals surface area contributed by atoms with Crippen molar-refractivity contribution in [3.05, 3.63) is 42.0 Å². The SMILES string of the molecule is CCc1noc([C@@H](C)NC(=O)[C@@H]2CNCCN2c2ccccc2)n1. The summed E-state index contributed by atoms with van der Waals surface area (Å²) < 4.78 is 5.21. The van der Waals surface area contributed by atoms with Crippen molar-refractivity contribution in [3.8, 4) is 0 Å². The number of para-hydroxylation sites is 1. The lowest BCUT2D eigenvalue weighted by Gasteiger charge is -2.37. The van der Waals surface area contributed by atoms with Gasteiger partial charge in [-0.25, -0.2) is 0 Å². The fraction of sp³-hybridized carbons (Fsp3) is 0.471. The Morgan fingerprint density at radius 1 is 1.46 bits per heavy atom. The third-order valence-electron chi connectivity index (χ3n) is 4.16. The number of carbonyl (C=O) groups is 1. The largest absolute Gasteiger partial charge is 0.357 e. The molecule has 2 heterocycles. The lowest BCUT2D eigenvalue weighted by molar-refractivity contribution is -0.123. The minimum Gasteiger partial charge on any atom is -0.357 e. The molecule has 1 aliphatic rings. The van der Waals surface area contributed by atoms with E-state index in [9.17, 15) is 4.79 Å². The van der Waals surface area contributed by atoms with Gasteiger partial charge in [-0.1, -0.05) is 30.3 Å². The van der Waals surface area contributed by atoms with Crippen LogP contribution in [0.25, 0.3) is 0 Å². The molecule has 0 saturated carbocycles. The topological polar surface area (TPSA) is 83.3 Å². The van der Waals surface area contributed by atoms with Crippen LogP contribution in [0.4, 0.5) is 5.69 Å². The van der Waals surface area contributed by atoms with Gasteiger partial charge in [-0.2, -0.15) is 4.98 Å². The molecule has 0 bridgehead atoms. The number of amides is 1. The van der Waals surface area contributed by atoms with Crippen molar-refractivity contribution in [2.24, 2.45) is 0 Å². The summed E-state index contributed by atoms with van der Waals surface area (Å²) in [6.45, 7) is 6.07. The predicted molar refractivity (Wildman–Crippen MR) is 90.7 cm³/mol. The van der Waals surface area contributed by atoms with Gasteiger partial charge in [-0.15, -0.1) is 0 Å². The van der Waals surface area contributed by atoms with E-state index < -0.39 is 0 Å². The van der Waals surface area contributed by atoms with Crippen LogP contribution in [-0.4, -0.2) is 41.7 Å². The van der Waals surface area contributed by atoms with Crippen molar-refractivity contribution in [1.29, 1.82) is 0 Å². The Balaban J connectivity index is 1.70. The summed E-state index contributed by atoms with van der Waals surface area (Å²) in [7, 11) is 0. The molecule has 2 atom stereocenters. The number of carbonyl (C=O) groups excluding carboxylic acids is 1. The molecule has 2 aromatic rings. The lowest BCUT2D eigenvalue weighted by Crippen LogP contribution is -2.58. The van der Waals surface area contributed by atoms with E-state index in [1.807, 2.05) is 44.2 Å². The van der Waals surface area contributed by atoms with E-state index in [-0.39, 0.29) is 18.0 Å². The highest BCUT2D eigenvalue weighted by Gasteiger charge is 2.30. The molecule has 0 radical (unpaired) electrons. The fourth-order valence-electron chi connectivity index (χ4n) is 2.83. The average molecular weight is 329 g/mol. The Hall–Kier alpha value is -2.41. The molecule has 1 aromatic heterocycles. The van der Waals surface area contributed by atoms with Crippen molar-refractivity contribution in [3.63, 3.8) is 0 Å². The van der Waals surface area contributed by atoms with Gasteiger partial charge < -0.3 is 20.1 Å². The van der Waals surface area contributed by atoms with Gasteiger partial charge in [0, 0.05) is 31.7 Å². The molecular formula is C17H23N5O2. The smallest absolute Gasteiger partial charge is 0.248 e. The van der Waals surface area contributed by atoms with Crippen LogP contribution in [-0.2, 0) is 11.2 Å². The molecule has 1 amide bonds. The van der Waals surface area contributed by atoms with Crippen LogP contribution in [0, 0.1) is 0 Å². The van der Waals surface area contributed by atoms with Crippen molar-refractivity contribution in [1.82, 2.24) is 20.8 Å². The molecule has 1 fully saturated rings. The number of hydrogen-bond donors (Lipinski definition) is 2. The first-order valence-corrected chi connectivity index (χ1v) is 8.34. The Morgan fingerprint density at radius 3 is 2.96 bits per heavy atom. The molecule has 24 heavy (non-hydrogen) atoms. The lowest BCUT2D eigenvalue weighted by atomic mass is 10.1. The van der Waals surface area contributed by atoms with Crippen molar-refractivity contribution >= 4 is 11.6 Å². The highest BCUT2D eigenvalue weighted by molar-refractivity contribution is 5.86. The molecule has 0 aliphatic carbocycles. The van der Waals surface area contributed by atoms with Crippen LogP contribution < -0.4 is 15.5 Å². The summed E-state index contributed by atoms with van der Waals surface area (Å²) in [5, 5.41) is 10.2. The van der Waals surface area contributed by atoms with Crippen LogP contribution in [0.2, 0.25) is 0 Å². The summed E-state index contributed by atoms with van der Waals surface area (Å²) in [4.78, 5) is 19.2. The quantitative estimate of drug-likeness (QED) is 0.860. The molecule has 0 spiro atoms. The first-order valence-electron chi connectivity index (χ1n) is 8.34. The Morgan fingerprint density at radius 2 is 2.25 bits per heavy atom. The second kappa shape index (κ2) is 7.44. The van der Waals surface area contributed by atoms with Crippen molar-refractivity contribution in [2.45, 2.75) is 32.4 Å². The van der Waals surface area contributed by atoms with Crippen LogP contribution in [0.5, 0.6) is 0 Å². The number of rotatable bonds is 5. The van der Waals surface area contributed by atoms with Gasteiger partial charge in [0.1, 0.15) is 12.1 Å². The molecule has 1 aromatic carbocycles. The predicted octanol–water partition coefficient (Wildman–Crippen LogP) is 1.29. The minimum absolute atomic E-state index is 0.0465. The number of benzene rings is 1. The van der Waals surface area contributed by atoms with Crippen LogP contribution >= 0.6 is 0 Å². The Kier molecular flexibility index (Phi) is 5.10. The first-order chi connectivity index (χ1) is 11.7. The van der Waals surface area contributed by atoms with Crippen LogP contribution in [0.3, 0.4) is 0 Å². The van der Waals surface area contributed by atoms with Gasteiger partial charge in [0.2, 0.25) is 11.8 Å². The number of nitrogens with zero attached hydrogens (tertiary/aromatic N) is 3. The van der Waals surface area contributed by atoms with E-state index in [1.165, 1.54) is 0 Å². The van der Waals surface area contributed by atoms with Gasteiger partial charge in [0.25, 0.3) is 0 Å². The average Bonchev–Trinajstić information content (AvgIpc) is 3.12. The maximum absolute atomic E-state index is 12.8. The molecule has 2 N–H and O–H groups in total. The van der Waals surface area contributed by atoms with E-state index in [0.717, 1.165) is 18.8 Å². The van der Waals surface area contributed by atoms with Crippen molar-refractivity contribution < 1.29 is 9.32 Å². The molecule has 7 nitrogen and oxygen atoms in total. The first kappa shape index (κ1) is 16.4. The summed E-state index contributed by atoms with van der Waals surface area (Å²) in [5.41, 5.74) is 1.05. The van der Waals surface area contributed by atoms with Crippen LogP contribution in [0.15, 0.2) is 34.9 Å². The van der Waals surface area contributed by atoms with E-state index in [2.05, 4.69) is 25.7 Å². The summed E-state index contributed by atoms with van der Waals surface area (Å²) in [5.74, 6) is 1.04. The third-order valence-corrected chi connectivity index (χ3v) is 4.16. The monoisotopic (exact) mass is 329 g/mol. The second-order valence-electron chi connectivity index (χ2n) is 5.88. The van der Waals surface area contributed by atoms with Crippen molar-refractivity contribution in [2.75, 3.05) is 24.5 Å². The number of aryl methyl sites for hydroxylation is 1. The van der Waals surface area contributed by atoms with E-state index in [1.54, 1.807) is 0 Å². The van der Waals surface area contributed by atoms with Gasteiger partial charge in [0.15, 0.2) is 5.82 Å². The summed E-state index contributed by atoms with van der Waals surface area (Å²) in [6.07, 6.45) is 0.707. The highest BCUT2D eigenvalue weighted by atomic mass is 16.5. The molecule has 7 heteroatoms. The second-order valence-corrected chi connectivity index (χ2v) is 5.88. The Bertz CT molecular complexity index is 673. The van der Waals surface area contributed by atoms with E-state index in [0.29, 0.717) is 24.7 Å². The third kappa shape index (κ3) is 3.56. The standard InChI is InChI=1S/C17H23N5O2/c1-3-15-20-17(24-21-15)12(2)19-16(23)14-11-18-9-10-22(14)13-7-5-4-6-8-13/h4-8,12,14,18H,3,9-11H2,1-2H3,(H,19,23)/t12-,14+/m1/s1. The maximum Gasteiger partial charge on any atom is 0.248 e. The molecule has 3 rings (SSSR count).